The van der Waals surface area contributed by atoms with Crippen molar-refractivity contribution < 1.29 is 20.6 Å². The molecule has 2 nitrogen and oxygen atoms in total. The Balaban J connectivity index is 1.80. The molecule has 0 atom stereocenters. The predicted molar refractivity (Wildman–Crippen MR) is 148 cm³/mol. The molecule has 1 amide bonds. The van der Waals surface area contributed by atoms with Gasteiger partial charge in [0.1, 0.15) is 0 Å². The molecule has 4 aromatic rings. The SMILES string of the molecule is CCCC(=O)[NH][Zr]([Cl])([Cl])([c]1cccc2c1Cc1ccccc1-2)[SiH](c1ccccc1)c1ccccc1. The summed E-state index contributed by atoms with van der Waals surface area (Å²) in [7, 11) is 16.0. The molecule has 0 aliphatic heterocycles. The van der Waals surface area contributed by atoms with Crippen LogP contribution in [0.4, 0.5) is 0 Å². The first-order valence-corrected chi connectivity index (χ1v) is 26.9. The molecule has 177 valence electrons. The van der Waals surface area contributed by atoms with Gasteiger partial charge >= 0.3 is 218 Å². The molecule has 0 fully saturated rings. The van der Waals surface area contributed by atoms with Gasteiger partial charge in [-0.1, -0.05) is 0 Å². The summed E-state index contributed by atoms with van der Waals surface area (Å²) in [5.74, 6) is -2.38. The number of benzene rings is 4. The van der Waals surface area contributed by atoms with E-state index in [9.17, 15) is 4.79 Å². The predicted octanol–water partition coefficient (Wildman–Crippen LogP) is 5.25. The van der Waals surface area contributed by atoms with E-state index in [-0.39, 0.29) is 5.91 Å². The van der Waals surface area contributed by atoms with Gasteiger partial charge in [0.2, 0.25) is 0 Å². The molecular weight excluding hydrogens is 569 g/mol. The average molecular weight is 597 g/mol. The number of rotatable bonds is 7. The van der Waals surface area contributed by atoms with E-state index in [0.717, 1.165) is 26.5 Å². The van der Waals surface area contributed by atoms with Crippen molar-refractivity contribution in [2.45, 2.75) is 26.2 Å². The molecule has 1 aliphatic carbocycles. The third kappa shape index (κ3) is 4.51. The topological polar surface area (TPSA) is 29.1 Å². The van der Waals surface area contributed by atoms with E-state index >= 15 is 0 Å². The van der Waals surface area contributed by atoms with Crippen molar-refractivity contribution >= 4 is 42.5 Å². The van der Waals surface area contributed by atoms with Gasteiger partial charge in [-0.2, -0.15) is 0 Å². The third-order valence-electron chi connectivity index (χ3n) is 6.96. The molecule has 0 heterocycles. The number of hydrogen-bond acceptors (Lipinski definition) is 1. The standard InChI is InChI=1S/C13H9.C12H11Si.C4H9NO.2ClH.Zr/c1-3-7-12-10(5-1)9-11-6-2-4-8-13(11)12;1-3-7-11(8-4-1)13-12-9-5-2-6-10-12;1-2-3-4(5)6;;;/h1-5,7-8H,9H2;1-10,13H;2-3H2,1H3,(H2,5,6);2*1H;/q;;;;;+3/p-3. The van der Waals surface area contributed by atoms with E-state index in [1.54, 1.807) is 0 Å². The van der Waals surface area contributed by atoms with Gasteiger partial charge in [-0.15, -0.1) is 0 Å². The molecule has 0 radical (unpaired) electrons. The second kappa shape index (κ2) is 9.82. The Morgan fingerprint density at radius 2 is 1.37 bits per heavy atom. The molecule has 0 saturated carbocycles. The van der Waals surface area contributed by atoms with Crippen LogP contribution in [0.15, 0.2) is 103 Å². The summed E-state index contributed by atoms with van der Waals surface area (Å²) < 4.78 is 4.39. The first kappa shape index (κ1) is 24.7. The van der Waals surface area contributed by atoms with Gasteiger partial charge in [-0.25, -0.2) is 0 Å². The minimum absolute atomic E-state index is 0.0550. The third-order valence-corrected chi connectivity index (χ3v) is 41.8. The van der Waals surface area contributed by atoms with Gasteiger partial charge in [0, 0.05) is 0 Å². The van der Waals surface area contributed by atoms with Crippen molar-refractivity contribution in [3.05, 3.63) is 114 Å². The Bertz CT molecular complexity index is 1340. The summed E-state index contributed by atoms with van der Waals surface area (Å²) in [6.45, 7) is 2.01. The molecule has 1 N–H and O–H groups in total. The fourth-order valence-corrected chi connectivity index (χ4v) is 43.2. The van der Waals surface area contributed by atoms with Crippen LogP contribution in [0.1, 0.15) is 30.9 Å². The number of amides is 1. The zero-order chi connectivity index (χ0) is 24.5. The van der Waals surface area contributed by atoms with E-state index in [1.165, 1.54) is 22.3 Å². The quantitative estimate of drug-likeness (QED) is 0.256. The van der Waals surface area contributed by atoms with Crippen LogP contribution >= 0.6 is 17.0 Å². The van der Waals surface area contributed by atoms with Crippen molar-refractivity contribution in [2.75, 3.05) is 0 Å². The van der Waals surface area contributed by atoms with E-state index in [1.807, 2.05) is 43.3 Å². The van der Waals surface area contributed by atoms with Crippen LogP contribution in [0.2, 0.25) is 0 Å². The summed E-state index contributed by atoms with van der Waals surface area (Å²) in [6, 6.07) is 35.5. The summed E-state index contributed by atoms with van der Waals surface area (Å²) in [5.41, 5.74) is 4.86. The zero-order valence-corrected chi connectivity index (χ0v) is 24.8. The van der Waals surface area contributed by atoms with Gasteiger partial charge in [-0.05, 0) is 0 Å². The van der Waals surface area contributed by atoms with Crippen molar-refractivity contribution in [1.82, 2.24) is 3.26 Å². The van der Waals surface area contributed by atoms with Crippen LogP contribution in [0.25, 0.3) is 11.1 Å². The van der Waals surface area contributed by atoms with Crippen molar-refractivity contribution in [3.63, 3.8) is 0 Å². The number of fused-ring (bicyclic) bond motifs is 3. The summed E-state index contributed by atoms with van der Waals surface area (Å²) >= 11 is -5.29. The molecule has 6 heteroatoms. The summed E-state index contributed by atoms with van der Waals surface area (Å²) in [5, 5.41) is 2.30. The van der Waals surface area contributed by atoms with Crippen LogP contribution in [0.3, 0.4) is 0 Å². The van der Waals surface area contributed by atoms with Crippen molar-refractivity contribution in [2.24, 2.45) is 0 Å². The Morgan fingerprint density at radius 3 is 2.00 bits per heavy atom. The summed E-state index contributed by atoms with van der Waals surface area (Å²) in [6.07, 6.45) is 1.93. The molecule has 0 bridgehead atoms. The summed E-state index contributed by atoms with van der Waals surface area (Å²) in [4.78, 5) is 13.3. The van der Waals surface area contributed by atoms with E-state index in [2.05, 4.69) is 70.0 Å². The van der Waals surface area contributed by atoms with E-state index in [4.69, 9.17) is 17.0 Å². The fraction of sp³-hybridized carbons (Fsp3) is 0.138. The Morgan fingerprint density at radius 1 is 0.800 bits per heavy atom. The molecule has 5 rings (SSSR count). The number of nitrogens with one attached hydrogen (secondary N) is 1. The molecule has 0 spiro atoms. The number of carbonyl (C=O) groups is 1. The van der Waals surface area contributed by atoms with Gasteiger partial charge in [-0.3, -0.25) is 0 Å². The van der Waals surface area contributed by atoms with Crippen molar-refractivity contribution in [1.29, 1.82) is 0 Å². The van der Waals surface area contributed by atoms with Crippen LogP contribution in [0, 0.1) is 0 Å². The second-order valence-corrected chi connectivity index (χ2v) is 44.6. The van der Waals surface area contributed by atoms with Gasteiger partial charge in [0.15, 0.2) is 0 Å². The molecule has 0 saturated heterocycles. The Hall–Kier alpha value is -1.97. The number of hydrogen-bond donors (Lipinski definition) is 1. The second-order valence-electron chi connectivity index (χ2n) is 9.30. The van der Waals surface area contributed by atoms with Gasteiger partial charge in [0.05, 0.1) is 0 Å². The van der Waals surface area contributed by atoms with Gasteiger partial charge in [0.25, 0.3) is 0 Å². The Labute approximate surface area is 216 Å². The van der Waals surface area contributed by atoms with Crippen LogP contribution in [-0.4, -0.2) is 11.8 Å². The van der Waals surface area contributed by atoms with Crippen molar-refractivity contribution in [3.8, 4) is 11.1 Å². The van der Waals surface area contributed by atoms with Crippen LogP contribution in [0.5, 0.6) is 0 Å². The molecule has 35 heavy (non-hydrogen) atoms. The maximum atomic E-state index is 13.3. The monoisotopic (exact) mass is 594 g/mol. The number of halogens is 2. The van der Waals surface area contributed by atoms with Gasteiger partial charge < -0.3 is 0 Å². The molecule has 4 aromatic carbocycles. The van der Waals surface area contributed by atoms with Crippen LogP contribution < -0.4 is 16.9 Å². The van der Waals surface area contributed by atoms with Crippen LogP contribution in [-0.2, 0) is 27.1 Å². The fourth-order valence-electron chi connectivity index (χ4n) is 5.50. The first-order valence-electron chi connectivity index (χ1n) is 12.1. The average Bonchev–Trinajstić information content (AvgIpc) is 3.24. The van der Waals surface area contributed by atoms with E-state index < -0.39 is 21.8 Å². The first-order chi connectivity index (χ1) is 16.9. The zero-order valence-electron chi connectivity index (χ0n) is 19.7. The minimum atomic E-state index is -5.29. The molecule has 0 unspecified atom stereocenters. The molecule has 0 aromatic heterocycles. The van der Waals surface area contributed by atoms with E-state index in [0.29, 0.717) is 6.42 Å². The molecule has 1 aliphatic rings. The normalized spacial score (nSPS) is 13.5. The maximum absolute atomic E-state index is 13.3. The molecular formula is C29H28Cl2NOSiZr. The Kier molecular flexibility index (Phi) is 6.94. The number of carbonyl (C=O) groups excluding carboxylic acids is 1.